The van der Waals surface area contributed by atoms with Crippen LogP contribution in [0.25, 0.3) is 10.6 Å². The van der Waals surface area contributed by atoms with E-state index in [1.54, 1.807) is 0 Å². The molecule has 1 unspecified atom stereocenters. The van der Waals surface area contributed by atoms with E-state index in [4.69, 9.17) is 5.73 Å². The number of thiazole rings is 1. The quantitative estimate of drug-likeness (QED) is 0.877. The SMILES string of the molecule is Cc1ccccc1-c1nc(C)c(C(O)CN)s1. The maximum absolute atomic E-state index is 9.79. The molecule has 1 aromatic carbocycles. The highest BCUT2D eigenvalue weighted by atomic mass is 32.1. The third kappa shape index (κ3) is 2.39. The van der Waals surface area contributed by atoms with Crippen LogP contribution in [0.5, 0.6) is 0 Å². The molecule has 0 aliphatic rings. The minimum Gasteiger partial charge on any atom is -0.386 e. The molecule has 0 amide bonds. The lowest BCUT2D eigenvalue weighted by Gasteiger charge is -2.04. The summed E-state index contributed by atoms with van der Waals surface area (Å²) in [6.07, 6.45) is -0.606. The summed E-state index contributed by atoms with van der Waals surface area (Å²) < 4.78 is 0. The molecule has 0 radical (unpaired) electrons. The van der Waals surface area contributed by atoms with E-state index in [9.17, 15) is 5.11 Å². The second kappa shape index (κ2) is 4.96. The molecule has 4 heteroatoms. The Kier molecular flexibility index (Phi) is 3.57. The van der Waals surface area contributed by atoms with Gasteiger partial charge in [0.1, 0.15) is 11.1 Å². The summed E-state index contributed by atoms with van der Waals surface area (Å²) in [6.45, 7) is 4.20. The number of nitrogens with two attached hydrogens (primary N) is 1. The fraction of sp³-hybridized carbons (Fsp3) is 0.308. The van der Waals surface area contributed by atoms with Crippen LogP contribution in [0.15, 0.2) is 24.3 Å². The summed E-state index contributed by atoms with van der Waals surface area (Å²) in [5.74, 6) is 0. The monoisotopic (exact) mass is 248 g/mol. The first-order valence-corrected chi connectivity index (χ1v) is 6.36. The van der Waals surface area contributed by atoms with Gasteiger partial charge in [-0.25, -0.2) is 4.98 Å². The van der Waals surface area contributed by atoms with Crippen molar-refractivity contribution in [1.29, 1.82) is 0 Å². The molecule has 90 valence electrons. The molecule has 0 aliphatic carbocycles. The van der Waals surface area contributed by atoms with Gasteiger partial charge in [0.25, 0.3) is 0 Å². The Hall–Kier alpha value is -1.23. The molecule has 0 bridgehead atoms. The van der Waals surface area contributed by atoms with Crippen molar-refractivity contribution in [3.63, 3.8) is 0 Å². The van der Waals surface area contributed by atoms with Gasteiger partial charge in [-0.2, -0.15) is 0 Å². The van der Waals surface area contributed by atoms with Crippen molar-refractivity contribution in [3.8, 4) is 10.6 Å². The molecule has 0 aliphatic heterocycles. The Labute approximate surface area is 105 Å². The molecule has 2 rings (SSSR count). The number of nitrogens with zero attached hydrogens (tertiary/aromatic N) is 1. The highest BCUT2D eigenvalue weighted by Gasteiger charge is 2.16. The van der Waals surface area contributed by atoms with Crippen molar-refractivity contribution >= 4 is 11.3 Å². The van der Waals surface area contributed by atoms with E-state index in [1.165, 1.54) is 16.9 Å². The minimum absolute atomic E-state index is 0.232. The lowest BCUT2D eigenvalue weighted by molar-refractivity contribution is 0.189. The molecule has 1 heterocycles. The van der Waals surface area contributed by atoms with E-state index in [1.807, 2.05) is 25.1 Å². The predicted molar refractivity (Wildman–Crippen MR) is 71.0 cm³/mol. The molecular formula is C13H16N2OS. The van der Waals surface area contributed by atoms with Crippen molar-refractivity contribution in [2.24, 2.45) is 5.73 Å². The van der Waals surface area contributed by atoms with Gasteiger partial charge < -0.3 is 10.8 Å². The zero-order valence-corrected chi connectivity index (χ0v) is 10.8. The number of hydrogen-bond acceptors (Lipinski definition) is 4. The molecule has 1 aromatic heterocycles. The lowest BCUT2D eigenvalue weighted by Crippen LogP contribution is -2.10. The lowest BCUT2D eigenvalue weighted by atomic mass is 10.1. The predicted octanol–water partition coefficient (Wildman–Crippen LogP) is 2.42. The Morgan fingerprint density at radius 1 is 1.35 bits per heavy atom. The van der Waals surface area contributed by atoms with E-state index >= 15 is 0 Å². The molecule has 17 heavy (non-hydrogen) atoms. The zero-order valence-electron chi connectivity index (χ0n) is 9.97. The van der Waals surface area contributed by atoms with E-state index in [-0.39, 0.29) is 6.54 Å². The Morgan fingerprint density at radius 3 is 2.71 bits per heavy atom. The molecule has 3 N–H and O–H groups in total. The van der Waals surface area contributed by atoms with Crippen LogP contribution in [0.4, 0.5) is 0 Å². The Morgan fingerprint density at radius 2 is 2.06 bits per heavy atom. The average Bonchev–Trinajstić information content (AvgIpc) is 2.71. The van der Waals surface area contributed by atoms with Gasteiger partial charge in [0.05, 0.1) is 10.6 Å². The first-order chi connectivity index (χ1) is 8.13. The van der Waals surface area contributed by atoms with E-state index in [2.05, 4.69) is 18.0 Å². The zero-order chi connectivity index (χ0) is 12.4. The van der Waals surface area contributed by atoms with Crippen molar-refractivity contribution in [2.75, 3.05) is 6.54 Å². The van der Waals surface area contributed by atoms with Gasteiger partial charge in [0, 0.05) is 12.1 Å². The molecule has 1 atom stereocenters. The average molecular weight is 248 g/mol. The maximum atomic E-state index is 9.79. The number of aliphatic hydroxyl groups excluding tert-OH is 1. The van der Waals surface area contributed by atoms with E-state index in [0.717, 1.165) is 21.1 Å². The minimum atomic E-state index is -0.606. The topological polar surface area (TPSA) is 59.1 Å². The number of aryl methyl sites for hydroxylation is 2. The summed E-state index contributed by atoms with van der Waals surface area (Å²) in [6, 6.07) is 8.12. The van der Waals surface area contributed by atoms with Gasteiger partial charge in [0.15, 0.2) is 0 Å². The molecular weight excluding hydrogens is 232 g/mol. The largest absolute Gasteiger partial charge is 0.386 e. The summed E-state index contributed by atoms with van der Waals surface area (Å²) in [4.78, 5) is 5.38. The first kappa shape index (κ1) is 12.2. The van der Waals surface area contributed by atoms with Gasteiger partial charge in [-0.3, -0.25) is 0 Å². The van der Waals surface area contributed by atoms with Gasteiger partial charge in [-0.15, -0.1) is 11.3 Å². The highest BCUT2D eigenvalue weighted by molar-refractivity contribution is 7.15. The van der Waals surface area contributed by atoms with Gasteiger partial charge in [-0.1, -0.05) is 24.3 Å². The maximum Gasteiger partial charge on any atom is 0.124 e. The highest BCUT2D eigenvalue weighted by Crippen LogP contribution is 2.32. The van der Waals surface area contributed by atoms with Crippen LogP contribution in [-0.4, -0.2) is 16.6 Å². The summed E-state index contributed by atoms with van der Waals surface area (Å²) >= 11 is 1.52. The second-order valence-corrected chi connectivity index (χ2v) is 5.07. The van der Waals surface area contributed by atoms with Crippen LogP contribution in [0.2, 0.25) is 0 Å². The molecule has 0 fully saturated rings. The Balaban J connectivity index is 2.45. The summed E-state index contributed by atoms with van der Waals surface area (Å²) in [5, 5.41) is 10.7. The normalized spacial score (nSPS) is 12.7. The van der Waals surface area contributed by atoms with E-state index in [0.29, 0.717) is 0 Å². The number of benzene rings is 1. The number of hydrogen-bond donors (Lipinski definition) is 2. The molecule has 3 nitrogen and oxygen atoms in total. The Bertz CT molecular complexity index is 522. The third-order valence-corrected chi connectivity index (χ3v) is 4.03. The van der Waals surface area contributed by atoms with Crippen molar-refractivity contribution < 1.29 is 5.11 Å². The molecule has 0 saturated carbocycles. The standard InChI is InChI=1S/C13H16N2OS/c1-8-5-3-4-6-10(8)13-15-9(2)12(17-13)11(16)7-14/h3-6,11,16H,7,14H2,1-2H3. The molecule has 0 saturated heterocycles. The van der Waals surface area contributed by atoms with Crippen LogP contribution in [0, 0.1) is 13.8 Å². The van der Waals surface area contributed by atoms with Gasteiger partial charge in [-0.05, 0) is 19.4 Å². The van der Waals surface area contributed by atoms with Gasteiger partial charge >= 0.3 is 0 Å². The fourth-order valence-corrected chi connectivity index (χ4v) is 2.91. The summed E-state index contributed by atoms with van der Waals surface area (Å²) in [5.41, 5.74) is 8.66. The van der Waals surface area contributed by atoms with Crippen LogP contribution >= 0.6 is 11.3 Å². The second-order valence-electron chi connectivity index (χ2n) is 4.04. The van der Waals surface area contributed by atoms with Crippen LogP contribution in [-0.2, 0) is 0 Å². The number of aromatic nitrogens is 1. The van der Waals surface area contributed by atoms with Crippen LogP contribution in [0.3, 0.4) is 0 Å². The third-order valence-electron chi connectivity index (χ3n) is 2.73. The van der Waals surface area contributed by atoms with Crippen molar-refractivity contribution in [2.45, 2.75) is 20.0 Å². The summed E-state index contributed by atoms with van der Waals surface area (Å²) in [7, 11) is 0. The van der Waals surface area contributed by atoms with Crippen molar-refractivity contribution in [3.05, 3.63) is 40.4 Å². The fourth-order valence-electron chi connectivity index (χ4n) is 1.75. The molecule has 0 spiro atoms. The van der Waals surface area contributed by atoms with Crippen LogP contribution in [0.1, 0.15) is 22.2 Å². The van der Waals surface area contributed by atoms with Gasteiger partial charge in [0.2, 0.25) is 0 Å². The number of aliphatic hydroxyl groups is 1. The van der Waals surface area contributed by atoms with E-state index < -0.39 is 6.10 Å². The smallest absolute Gasteiger partial charge is 0.124 e. The number of rotatable bonds is 3. The molecule has 2 aromatic rings. The first-order valence-electron chi connectivity index (χ1n) is 5.55. The van der Waals surface area contributed by atoms with Crippen LogP contribution < -0.4 is 5.73 Å². The van der Waals surface area contributed by atoms with Crippen molar-refractivity contribution in [1.82, 2.24) is 4.98 Å².